The van der Waals surface area contributed by atoms with Crippen molar-refractivity contribution in [1.82, 2.24) is 0 Å². The number of benzene rings is 1. The molecule has 0 N–H and O–H groups in total. The fourth-order valence-electron chi connectivity index (χ4n) is 2.47. The summed E-state index contributed by atoms with van der Waals surface area (Å²) in [5.74, 6) is -1.25. The highest BCUT2D eigenvalue weighted by atomic mass is 127. The predicted molar refractivity (Wildman–Crippen MR) is 84.1 cm³/mol. The largest absolute Gasteiger partial charge is 0.497 e. The number of ether oxygens (including phenoxy) is 3. The molecule has 0 radical (unpaired) electrons. The molecule has 2 aliphatic rings. The van der Waals surface area contributed by atoms with Crippen molar-refractivity contribution in [3.05, 3.63) is 27.8 Å². The first-order chi connectivity index (χ1) is 10.1. The molecular weight excluding hydrogens is 387 g/mol. The second-order valence-electron chi connectivity index (χ2n) is 4.96. The van der Waals surface area contributed by atoms with Crippen LogP contribution in [-0.4, -0.2) is 28.3 Å². The Morgan fingerprint density at radius 1 is 1.05 bits per heavy atom. The van der Waals surface area contributed by atoms with E-state index in [1.54, 1.807) is 7.11 Å². The van der Waals surface area contributed by atoms with Gasteiger partial charge >= 0.3 is 11.9 Å². The molecule has 1 spiro atoms. The molecule has 1 aromatic carbocycles. The van der Waals surface area contributed by atoms with Crippen molar-refractivity contribution in [3.63, 3.8) is 0 Å². The highest BCUT2D eigenvalue weighted by molar-refractivity contribution is 14.2. The third kappa shape index (κ3) is 2.95. The molecule has 5 nitrogen and oxygen atoms in total. The van der Waals surface area contributed by atoms with E-state index in [4.69, 9.17) is 14.2 Å². The number of esters is 2. The maximum absolute atomic E-state index is 12.1. The highest BCUT2D eigenvalue weighted by Crippen LogP contribution is 2.37. The highest BCUT2D eigenvalue weighted by Gasteiger charge is 2.48. The van der Waals surface area contributed by atoms with Crippen LogP contribution in [0.1, 0.15) is 25.7 Å². The Hall–Kier alpha value is -1.44. The van der Waals surface area contributed by atoms with E-state index < -0.39 is 38.5 Å². The van der Waals surface area contributed by atoms with Crippen molar-refractivity contribution in [3.8, 4) is 5.75 Å². The number of hydrogen-bond donors (Lipinski definition) is 0. The van der Waals surface area contributed by atoms with Gasteiger partial charge in [0, 0.05) is 16.4 Å². The quantitative estimate of drug-likeness (QED) is 0.562. The van der Waals surface area contributed by atoms with Crippen LogP contribution in [0.4, 0.5) is 0 Å². The van der Waals surface area contributed by atoms with Crippen LogP contribution in [0, 0.1) is 3.57 Å². The van der Waals surface area contributed by atoms with Crippen molar-refractivity contribution in [2.75, 3.05) is 7.11 Å². The Labute approximate surface area is 132 Å². The smallest absolute Gasteiger partial charge is 0.354 e. The number of hydrogen-bond acceptors (Lipinski definition) is 5. The van der Waals surface area contributed by atoms with Gasteiger partial charge in [0.15, 0.2) is 3.51 Å². The zero-order valence-electron chi connectivity index (χ0n) is 11.6. The molecule has 0 unspecified atom stereocenters. The molecule has 1 aliphatic carbocycles. The van der Waals surface area contributed by atoms with Gasteiger partial charge in [-0.25, -0.2) is 9.59 Å². The topological polar surface area (TPSA) is 61.8 Å². The van der Waals surface area contributed by atoms with Crippen LogP contribution in [-0.2, 0) is 19.1 Å². The first-order valence-electron chi connectivity index (χ1n) is 6.74. The molecular formula is C15H15IO5. The molecule has 2 fully saturated rings. The number of halogens is 1. The van der Waals surface area contributed by atoms with Crippen LogP contribution in [0.15, 0.2) is 24.3 Å². The van der Waals surface area contributed by atoms with Gasteiger partial charge in [-0.2, -0.15) is 0 Å². The standard InChI is InChI=1S/C15H15IO5/c1-19-11-6-4-10(5-7-11)16-12-13(17)20-15(21-14(12)18)8-2-3-9-15/h4-7H,2-3,8-9H2,1H3. The van der Waals surface area contributed by atoms with Crippen molar-refractivity contribution in [1.29, 1.82) is 0 Å². The van der Waals surface area contributed by atoms with Crippen LogP contribution in [0.25, 0.3) is 0 Å². The number of rotatable bonds is 2. The molecule has 0 aromatic heterocycles. The summed E-state index contributed by atoms with van der Waals surface area (Å²) in [6, 6.07) is 7.35. The van der Waals surface area contributed by atoms with Gasteiger partial charge < -0.3 is 14.2 Å². The minimum Gasteiger partial charge on any atom is -0.497 e. The van der Waals surface area contributed by atoms with Crippen LogP contribution < -0.4 is 4.74 Å². The number of carbonyl (C=O) groups excluding carboxylic acids is 2. The summed E-state index contributed by atoms with van der Waals surface area (Å²) in [6.45, 7) is 0. The maximum atomic E-state index is 12.1. The first kappa shape index (κ1) is 14.5. The SMILES string of the molecule is COc1ccc(I=C2C(=O)OC3(CCCC3)OC2=O)cc1. The van der Waals surface area contributed by atoms with E-state index in [0.29, 0.717) is 12.8 Å². The Bertz CT molecular complexity index is 577. The first-order valence-corrected chi connectivity index (χ1v) is 8.90. The molecule has 0 atom stereocenters. The lowest BCUT2D eigenvalue weighted by Crippen LogP contribution is -2.48. The molecule has 21 heavy (non-hydrogen) atoms. The van der Waals surface area contributed by atoms with E-state index >= 15 is 0 Å². The predicted octanol–water partition coefficient (Wildman–Crippen LogP) is 2.38. The van der Waals surface area contributed by atoms with Crippen molar-refractivity contribution >= 4 is 36.2 Å². The van der Waals surface area contributed by atoms with E-state index in [9.17, 15) is 9.59 Å². The third-order valence-electron chi connectivity index (χ3n) is 3.53. The van der Waals surface area contributed by atoms with Gasteiger partial charge in [-0.05, 0) is 37.1 Å². The molecule has 112 valence electrons. The van der Waals surface area contributed by atoms with Crippen LogP contribution in [0.2, 0.25) is 0 Å². The Morgan fingerprint density at radius 3 is 2.14 bits per heavy atom. The molecule has 0 bridgehead atoms. The van der Waals surface area contributed by atoms with E-state index in [-0.39, 0.29) is 3.51 Å². The van der Waals surface area contributed by atoms with E-state index in [1.807, 2.05) is 24.3 Å². The summed E-state index contributed by atoms with van der Waals surface area (Å²) >= 11 is -0.913. The second kappa shape index (κ2) is 5.75. The second-order valence-corrected chi connectivity index (χ2v) is 7.83. The summed E-state index contributed by atoms with van der Waals surface area (Å²) in [6.07, 6.45) is 3.06. The van der Waals surface area contributed by atoms with E-state index in [1.165, 1.54) is 0 Å². The third-order valence-corrected chi connectivity index (χ3v) is 6.30. The molecule has 1 saturated carbocycles. The van der Waals surface area contributed by atoms with Crippen molar-refractivity contribution < 1.29 is 23.8 Å². The summed E-state index contributed by atoms with van der Waals surface area (Å²) in [4.78, 5) is 24.3. The van der Waals surface area contributed by atoms with Gasteiger partial charge in [-0.1, -0.05) is 20.7 Å². The summed E-state index contributed by atoms with van der Waals surface area (Å²) in [5, 5.41) is 0. The lowest BCUT2D eigenvalue weighted by molar-refractivity contribution is -0.224. The zero-order valence-corrected chi connectivity index (χ0v) is 13.7. The van der Waals surface area contributed by atoms with Crippen LogP contribution >= 0.6 is 20.7 Å². The number of carbonyl (C=O) groups is 2. The fourth-order valence-corrected chi connectivity index (χ4v) is 4.47. The normalized spacial score (nSPS) is 20.3. The molecule has 1 aliphatic heterocycles. The lowest BCUT2D eigenvalue weighted by atomic mass is 10.2. The lowest BCUT2D eigenvalue weighted by Gasteiger charge is -2.32. The minimum absolute atomic E-state index is 0.163. The van der Waals surface area contributed by atoms with Gasteiger partial charge in [0.25, 0.3) is 5.79 Å². The minimum atomic E-state index is -0.985. The Kier molecular flexibility index (Phi) is 3.97. The number of methoxy groups -OCH3 is 1. The Morgan fingerprint density at radius 2 is 1.62 bits per heavy atom. The van der Waals surface area contributed by atoms with E-state index in [0.717, 1.165) is 22.2 Å². The average molecular weight is 402 g/mol. The summed E-state index contributed by atoms with van der Waals surface area (Å²) < 4.78 is 17.0. The van der Waals surface area contributed by atoms with Gasteiger partial charge in [0.1, 0.15) is 5.75 Å². The average Bonchev–Trinajstić information content (AvgIpc) is 2.91. The van der Waals surface area contributed by atoms with Gasteiger partial charge in [-0.15, -0.1) is 0 Å². The molecule has 3 rings (SSSR count). The Balaban J connectivity index is 1.83. The molecule has 1 saturated heterocycles. The summed E-state index contributed by atoms with van der Waals surface area (Å²) in [7, 11) is 1.59. The molecule has 0 amide bonds. The molecule has 6 heteroatoms. The van der Waals surface area contributed by atoms with Gasteiger partial charge in [0.2, 0.25) is 0 Å². The summed E-state index contributed by atoms with van der Waals surface area (Å²) in [5.41, 5.74) is 0. The van der Waals surface area contributed by atoms with E-state index in [2.05, 4.69) is 0 Å². The zero-order chi connectivity index (χ0) is 14.9. The van der Waals surface area contributed by atoms with Gasteiger partial charge in [0.05, 0.1) is 7.11 Å². The molecule has 1 aromatic rings. The molecule has 1 heterocycles. The van der Waals surface area contributed by atoms with Gasteiger partial charge in [-0.3, -0.25) is 0 Å². The maximum Gasteiger partial charge on any atom is 0.354 e. The fraction of sp³-hybridized carbons (Fsp3) is 0.400. The van der Waals surface area contributed by atoms with Crippen LogP contribution in [0.5, 0.6) is 5.75 Å². The van der Waals surface area contributed by atoms with Crippen LogP contribution in [0.3, 0.4) is 0 Å². The van der Waals surface area contributed by atoms with Crippen molar-refractivity contribution in [2.24, 2.45) is 0 Å². The van der Waals surface area contributed by atoms with Crippen molar-refractivity contribution in [2.45, 2.75) is 31.5 Å². The monoisotopic (exact) mass is 402 g/mol.